The highest BCUT2D eigenvalue weighted by Gasteiger charge is 2.18. The number of methoxy groups -OCH3 is 1. The van der Waals surface area contributed by atoms with E-state index < -0.39 is 5.97 Å². The summed E-state index contributed by atoms with van der Waals surface area (Å²) in [4.78, 5) is 11.6. The quantitative estimate of drug-likeness (QED) is 0.804. The Hall–Kier alpha value is -2.01. The Kier molecular flexibility index (Phi) is 3.60. The maximum absolute atomic E-state index is 11.6. The minimum atomic E-state index is -0.412. The minimum Gasteiger partial charge on any atom is -0.490 e. The van der Waals surface area contributed by atoms with E-state index in [1.165, 1.54) is 7.11 Å². The number of hydrogen-bond acceptors (Lipinski definition) is 5. The van der Waals surface area contributed by atoms with Crippen LogP contribution >= 0.6 is 0 Å². The lowest BCUT2D eigenvalue weighted by molar-refractivity contribution is 0.0598. The molecular formula is C15H16O5. The van der Waals surface area contributed by atoms with Crippen molar-refractivity contribution in [3.8, 4) is 5.75 Å². The van der Waals surface area contributed by atoms with Gasteiger partial charge in [-0.15, -0.1) is 0 Å². The van der Waals surface area contributed by atoms with Gasteiger partial charge in [0.1, 0.15) is 17.9 Å². The molecule has 20 heavy (non-hydrogen) atoms. The summed E-state index contributed by atoms with van der Waals surface area (Å²) in [7, 11) is 1.35. The highest BCUT2D eigenvalue weighted by atomic mass is 16.5. The van der Waals surface area contributed by atoms with Crippen LogP contribution in [0.2, 0.25) is 0 Å². The average molecular weight is 276 g/mol. The summed E-state index contributed by atoms with van der Waals surface area (Å²) in [5.41, 5.74) is 1.02. The molecular weight excluding hydrogens is 260 g/mol. The maximum atomic E-state index is 11.6. The van der Waals surface area contributed by atoms with Crippen LogP contribution in [0.15, 0.2) is 28.9 Å². The summed E-state index contributed by atoms with van der Waals surface area (Å²) in [6.07, 6.45) is 3.77. The first kappa shape index (κ1) is 13.0. The zero-order valence-electron chi connectivity index (χ0n) is 11.3. The smallest absolute Gasteiger partial charge is 0.338 e. The summed E-state index contributed by atoms with van der Waals surface area (Å²) in [6, 6.07) is 5.15. The van der Waals surface area contributed by atoms with Crippen LogP contribution in [0.4, 0.5) is 0 Å². The molecule has 1 aliphatic heterocycles. The van der Waals surface area contributed by atoms with E-state index in [1.54, 1.807) is 18.4 Å². The summed E-state index contributed by atoms with van der Waals surface area (Å²) in [5, 5.41) is 0.843. The molecule has 0 amide bonds. The average Bonchev–Trinajstić information content (AvgIpc) is 3.14. The number of fused-ring (bicyclic) bond motifs is 1. The Morgan fingerprint density at radius 1 is 1.45 bits per heavy atom. The van der Waals surface area contributed by atoms with E-state index in [0.717, 1.165) is 24.8 Å². The van der Waals surface area contributed by atoms with E-state index in [4.69, 9.17) is 18.6 Å². The zero-order valence-corrected chi connectivity index (χ0v) is 11.3. The third kappa shape index (κ3) is 2.49. The molecule has 3 rings (SSSR count). The first-order chi connectivity index (χ1) is 9.78. The molecule has 5 nitrogen and oxygen atoms in total. The van der Waals surface area contributed by atoms with Gasteiger partial charge in [0.2, 0.25) is 0 Å². The molecule has 5 heteroatoms. The van der Waals surface area contributed by atoms with Crippen LogP contribution in [0.1, 0.15) is 23.2 Å². The predicted molar refractivity (Wildman–Crippen MR) is 72.0 cm³/mol. The second-order valence-corrected chi connectivity index (χ2v) is 4.74. The van der Waals surface area contributed by atoms with Crippen molar-refractivity contribution >= 4 is 16.9 Å². The zero-order chi connectivity index (χ0) is 13.9. The van der Waals surface area contributed by atoms with Gasteiger partial charge >= 0.3 is 5.97 Å². The SMILES string of the molecule is COC(=O)c1cc(OC[C@H]2CCCO2)c2ccoc2c1. The lowest BCUT2D eigenvalue weighted by Gasteiger charge is -2.12. The molecule has 1 saturated heterocycles. The number of furan rings is 1. The van der Waals surface area contributed by atoms with Gasteiger partial charge in [0.05, 0.1) is 30.4 Å². The molecule has 0 saturated carbocycles. The van der Waals surface area contributed by atoms with Crippen molar-refractivity contribution in [3.05, 3.63) is 30.0 Å². The van der Waals surface area contributed by atoms with Crippen LogP contribution < -0.4 is 4.74 Å². The molecule has 0 spiro atoms. The third-order valence-corrected chi connectivity index (χ3v) is 3.40. The monoisotopic (exact) mass is 276 g/mol. The van der Waals surface area contributed by atoms with Crippen molar-refractivity contribution in [2.75, 3.05) is 20.3 Å². The van der Waals surface area contributed by atoms with Gasteiger partial charge in [0.15, 0.2) is 0 Å². The van der Waals surface area contributed by atoms with Gasteiger partial charge in [-0.05, 0) is 31.0 Å². The van der Waals surface area contributed by atoms with Crippen molar-refractivity contribution in [1.29, 1.82) is 0 Å². The highest BCUT2D eigenvalue weighted by molar-refractivity contribution is 5.96. The van der Waals surface area contributed by atoms with E-state index in [9.17, 15) is 4.79 Å². The first-order valence-corrected chi connectivity index (χ1v) is 6.62. The fourth-order valence-electron chi connectivity index (χ4n) is 2.35. The van der Waals surface area contributed by atoms with Crippen molar-refractivity contribution in [2.24, 2.45) is 0 Å². The van der Waals surface area contributed by atoms with Crippen LogP contribution in [0.5, 0.6) is 5.75 Å². The van der Waals surface area contributed by atoms with Crippen LogP contribution in [0.3, 0.4) is 0 Å². The minimum absolute atomic E-state index is 0.124. The summed E-state index contributed by atoms with van der Waals surface area (Å²) in [6.45, 7) is 1.27. The normalized spacial score (nSPS) is 18.4. The summed E-state index contributed by atoms with van der Waals surface area (Å²) in [5.74, 6) is 0.206. The number of rotatable bonds is 4. The molecule has 1 aromatic heterocycles. The second-order valence-electron chi connectivity index (χ2n) is 4.74. The third-order valence-electron chi connectivity index (χ3n) is 3.40. The fourth-order valence-corrected chi connectivity index (χ4v) is 2.35. The van der Waals surface area contributed by atoms with Crippen molar-refractivity contribution in [2.45, 2.75) is 18.9 Å². The van der Waals surface area contributed by atoms with Gasteiger partial charge in [0.25, 0.3) is 0 Å². The van der Waals surface area contributed by atoms with Crippen LogP contribution in [-0.2, 0) is 9.47 Å². The van der Waals surface area contributed by atoms with Gasteiger partial charge in [-0.25, -0.2) is 4.79 Å². The molecule has 0 radical (unpaired) electrons. The van der Waals surface area contributed by atoms with E-state index >= 15 is 0 Å². The number of carbonyl (C=O) groups is 1. The number of hydrogen-bond donors (Lipinski definition) is 0. The topological polar surface area (TPSA) is 57.9 Å². The fraction of sp³-hybridized carbons (Fsp3) is 0.400. The van der Waals surface area contributed by atoms with Crippen molar-refractivity contribution in [3.63, 3.8) is 0 Å². The molecule has 0 N–H and O–H groups in total. The summed E-state index contributed by atoms with van der Waals surface area (Å²) < 4.78 is 21.4. The second kappa shape index (κ2) is 5.54. The van der Waals surface area contributed by atoms with Crippen molar-refractivity contribution < 1.29 is 23.4 Å². The van der Waals surface area contributed by atoms with E-state index in [2.05, 4.69) is 0 Å². The van der Waals surface area contributed by atoms with Gasteiger partial charge in [-0.2, -0.15) is 0 Å². The lowest BCUT2D eigenvalue weighted by atomic mass is 10.1. The number of ether oxygens (including phenoxy) is 3. The van der Waals surface area contributed by atoms with Crippen molar-refractivity contribution in [1.82, 2.24) is 0 Å². The van der Waals surface area contributed by atoms with Crippen LogP contribution in [0, 0.1) is 0 Å². The maximum Gasteiger partial charge on any atom is 0.338 e. The Labute approximate surface area is 116 Å². The molecule has 0 aliphatic carbocycles. The van der Waals surface area contributed by atoms with Gasteiger partial charge < -0.3 is 18.6 Å². The van der Waals surface area contributed by atoms with E-state index in [1.807, 2.05) is 6.07 Å². The van der Waals surface area contributed by atoms with Gasteiger partial charge in [-0.1, -0.05) is 0 Å². The Bertz CT molecular complexity index is 610. The molecule has 0 bridgehead atoms. The number of carbonyl (C=O) groups excluding carboxylic acids is 1. The number of esters is 1. The van der Waals surface area contributed by atoms with E-state index in [-0.39, 0.29) is 6.10 Å². The molecule has 2 aromatic rings. The highest BCUT2D eigenvalue weighted by Crippen LogP contribution is 2.29. The Balaban J connectivity index is 1.86. The van der Waals surface area contributed by atoms with Gasteiger partial charge in [-0.3, -0.25) is 0 Å². The molecule has 1 aromatic carbocycles. The van der Waals surface area contributed by atoms with Gasteiger partial charge in [0, 0.05) is 6.61 Å². The Morgan fingerprint density at radius 2 is 2.35 bits per heavy atom. The number of benzene rings is 1. The largest absolute Gasteiger partial charge is 0.490 e. The molecule has 1 fully saturated rings. The van der Waals surface area contributed by atoms with E-state index in [0.29, 0.717) is 23.5 Å². The molecule has 1 atom stereocenters. The van der Waals surface area contributed by atoms with Crippen LogP contribution in [0.25, 0.3) is 11.0 Å². The molecule has 1 aliphatic rings. The lowest BCUT2D eigenvalue weighted by Crippen LogP contribution is -2.16. The molecule has 2 heterocycles. The standard InChI is InChI=1S/C15H16O5/c1-17-15(16)10-7-13-12(4-6-19-13)14(8-10)20-9-11-3-2-5-18-11/h4,6-8,11H,2-3,5,9H2,1H3/t11-/m1/s1. The van der Waals surface area contributed by atoms with Crippen LogP contribution in [-0.4, -0.2) is 32.4 Å². The first-order valence-electron chi connectivity index (χ1n) is 6.62. The Morgan fingerprint density at radius 3 is 3.10 bits per heavy atom. The summed E-state index contributed by atoms with van der Waals surface area (Å²) >= 11 is 0. The molecule has 0 unspecified atom stereocenters. The predicted octanol–water partition coefficient (Wildman–Crippen LogP) is 2.78. The molecule has 106 valence electrons.